The zero-order chi connectivity index (χ0) is 18.6. The fraction of sp³-hybridized carbons (Fsp3) is 0.333. The van der Waals surface area contributed by atoms with Crippen LogP contribution in [0.4, 0.5) is 4.79 Å². The Kier molecular flexibility index (Phi) is 5.38. The molecular formula is C21H25N3O2. The van der Waals surface area contributed by atoms with E-state index in [0.717, 1.165) is 17.5 Å². The monoisotopic (exact) mass is 351 g/mol. The Morgan fingerprint density at radius 2 is 1.54 bits per heavy atom. The molecule has 1 N–H and O–H groups in total. The van der Waals surface area contributed by atoms with Crippen LogP contribution in [0.25, 0.3) is 0 Å². The maximum Gasteiger partial charge on any atom is 0.326 e. The van der Waals surface area contributed by atoms with Crippen molar-refractivity contribution in [3.05, 3.63) is 71.8 Å². The molecule has 0 aliphatic carbocycles. The molecule has 0 radical (unpaired) electrons. The van der Waals surface area contributed by atoms with Gasteiger partial charge in [-0.25, -0.2) is 9.69 Å². The highest BCUT2D eigenvalue weighted by molar-refractivity contribution is 6.06. The first-order valence-electron chi connectivity index (χ1n) is 8.88. The molecule has 1 saturated heterocycles. The molecular weight excluding hydrogens is 326 g/mol. The Labute approximate surface area is 154 Å². The van der Waals surface area contributed by atoms with Crippen LogP contribution in [-0.2, 0) is 17.8 Å². The molecule has 3 rings (SSSR count). The summed E-state index contributed by atoms with van der Waals surface area (Å²) < 4.78 is 0. The Hall–Kier alpha value is -2.66. The van der Waals surface area contributed by atoms with Gasteiger partial charge in [0.25, 0.3) is 5.91 Å². The summed E-state index contributed by atoms with van der Waals surface area (Å²) in [6.07, 6.45) is 1.33. The number of hydrogen-bond donors (Lipinski definition) is 1. The Morgan fingerprint density at radius 1 is 0.962 bits per heavy atom. The van der Waals surface area contributed by atoms with E-state index in [0.29, 0.717) is 13.0 Å². The Balaban J connectivity index is 1.60. The van der Waals surface area contributed by atoms with Gasteiger partial charge in [-0.1, -0.05) is 60.7 Å². The molecule has 0 saturated carbocycles. The van der Waals surface area contributed by atoms with Gasteiger partial charge in [-0.05, 0) is 37.9 Å². The van der Waals surface area contributed by atoms with Crippen LogP contribution in [0.1, 0.15) is 24.5 Å². The highest BCUT2D eigenvalue weighted by atomic mass is 16.2. The molecule has 0 unspecified atom stereocenters. The van der Waals surface area contributed by atoms with E-state index in [2.05, 4.69) is 5.32 Å². The van der Waals surface area contributed by atoms with E-state index in [-0.39, 0.29) is 18.6 Å². The Bertz CT molecular complexity index is 763. The van der Waals surface area contributed by atoms with Crippen LogP contribution in [0, 0.1) is 0 Å². The molecule has 136 valence electrons. The molecule has 3 amide bonds. The van der Waals surface area contributed by atoms with Crippen LogP contribution in [-0.4, -0.2) is 41.0 Å². The lowest BCUT2D eigenvalue weighted by Crippen LogP contribution is -2.45. The first-order chi connectivity index (χ1) is 12.5. The minimum Gasteiger partial charge on any atom is -0.323 e. The topological polar surface area (TPSA) is 52.6 Å². The summed E-state index contributed by atoms with van der Waals surface area (Å²) in [6.45, 7) is 2.77. The quantitative estimate of drug-likeness (QED) is 0.780. The number of hydrogen-bond acceptors (Lipinski definition) is 3. The van der Waals surface area contributed by atoms with Crippen molar-refractivity contribution >= 4 is 11.9 Å². The van der Waals surface area contributed by atoms with Crippen LogP contribution in [0.5, 0.6) is 0 Å². The molecule has 0 bridgehead atoms. The van der Waals surface area contributed by atoms with Crippen LogP contribution in [0.2, 0.25) is 0 Å². The maximum absolute atomic E-state index is 12.9. The third-order valence-electron chi connectivity index (χ3n) is 4.78. The van der Waals surface area contributed by atoms with Gasteiger partial charge in [0.1, 0.15) is 5.54 Å². The van der Waals surface area contributed by atoms with E-state index < -0.39 is 5.54 Å². The van der Waals surface area contributed by atoms with Crippen molar-refractivity contribution in [2.75, 3.05) is 13.7 Å². The molecule has 1 fully saturated rings. The number of carbonyl (C=O) groups excluding carboxylic acids is 2. The fourth-order valence-corrected chi connectivity index (χ4v) is 3.27. The lowest BCUT2D eigenvalue weighted by atomic mass is 9.93. The van der Waals surface area contributed by atoms with Crippen molar-refractivity contribution < 1.29 is 9.59 Å². The number of benzene rings is 2. The number of nitrogens with zero attached hydrogens (tertiary/aromatic N) is 2. The first-order valence-corrected chi connectivity index (χ1v) is 8.88. The van der Waals surface area contributed by atoms with Crippen LogP contribution >= 0.6 is 0 Å². The minimum absolute atomic E-state index is 0.154. The van der Waals surface area contributed by atoms with Gasteiger partial charge in [0.05, 0.1) is 6.67 Å². The van der Waals surface area contributed by atoms with E-state index in [4.69, 9.17) is 0 Å². The maximum atomic E-state index is 12.9. The molecule has 1 aliphatic rings. The van der Waals surface area contributed by atoms with Crippen molar-refractivity contribution in [2.24, 2.45) is 0 Å². The van der Waals surface area contributed by atoms with Gasteiger partial charge in [0.2, 0.25) is 0 Å². The summed E-state index contributed by atoms with van der Waals surface area (Å²) in [6, 6.07) is 19.7. The molecule has 5 nitrogen and oxygen atoms in total. The van der Waals surface area contributed by atoms with E-state index in [1.165, 1.54) is 4.90 Å². The third kappa shape index (κ3) is 4.11. The summed E-state index contributed by atoms with van der Waals surface area (Å²) in [5, 5.41) is 2.88. The van der Waals surface area contributed by atoms with E-state index in [9.17, 15) is 9.59 Å². The van der Waals surface area contributed by atoms with Gasteiger partial charge in [0.15, 0.2) is 0 Å². The van der Waals surface area contributed by atoms with Crippen molar-refractivity contribution in [1.82, 2.24) is 15.1 Å². The average molecular weight is 351 g/mol. The lowest BCUT2D eigenvalue weighted by molar-refractivity contribution is -0.132. The number of aryl methyl sites for hydroxylation is 1. The van der Waals surface area contributed by atoms with Crippen LogP contribution in [0.15, 0.2) is 60.7 Å². The second-order valence-electron chi connectivity index (χ2n) is 7.12. The SMILES string of the molecule is CN(Cc1ccccc1)CN1C(=O)N[C@](C)(CCc2ccccc2)C1=O. The summed E-state index contributed by atoms with van der Waals surface area (Å²) in [4.78, 5) is 28.5. The highest BCUT2D eigenvalue weighted by Gasteiger charge is 2.47. The van der Waals surface area contributed by atoms with E-state index in [1.54, 1.807) is 0 Å². The number of rotatable bonds is 7. The van der Waals surface area contributed by atoms with Crippen LogP contribution in [0.3, 0.4) is 0 Å². The molecule has 2 aromatic carbocycles. The van der Waals surface area contributed by atoms with Crippen molar-refractivity contribution in [3.63, 3.8) is 0 Å². The first kappa shape index (κ1) is 18.1. The molecule has 1 heterocycles. The molecule has 1 atom stereocenters. The third-order valence-corrected chi connectivity index (χ3v) is 4.78. The minimum atomic E-state index is -0.847. The molecule has 2 aromatic rings. The summed E-state index contributed by atoms with van der Waals surface area (Å²) in [5.74, 6) is -0.154. The van der Waals surface area contributed by atoms with E-state index in [1.807, 2.05) is 79.5 Å². The Morgan fingerprint density at radius 3 is 2.15 bits per heavy atom. The second kappa shape index (κ2) is 7.70. The van der Waals surface area contributed by atoms with Crippen LogP contribution < -0.4 is 5.32 Å². The van der Waals surface area contributed by atoms with Gasteiger partial charge in [-0.15, -0.1) is 0 Å². The second-order valence-corrected chi connectivity index (χ2v) is 7.12. The van der Waals surface area contributed by atoms with Gasteiger partial charge >= 0.3 is 6.03 Å². The number of urea groups is 1. The van der Waals surface area contributed by atoms with Crippen molar-refractivity contribution in [2.45, 2.75) is 31.8 Å². The number of nitrogens with one attached hydrogen (secondary N) is 1. The lowest BCUT2D eigenvalue weighted by Gasteiger charge is -2.24. The van der Waals surface area contributed by atoms with Crippen molar-refractivity contribution in [3.8, 4) is 0 Å². The average Bonchev–Trinajstić information content (AvgIpc) is 2.85. The summed E-state index contributed by atoms with van der Waals surface area (Å²) >= 11 is 0. The predicted molar refractivity (Wildman–Crippen MR) is 101 cm³/mol. The normalized spacial score (nSPS) is 19.9. The standard InChI is InChI=1S/C21H25N3O2/c1-21(14-13-17-9-5-3-6-10-17)19(25)24(20(26)22-21)16-23(2)15-18-11-7-4-8-12-18/h3-12H,13-16H2,1-2H3,(H,22,26)/t21-/m1/s1. The smallest absolute Gasteiger partial charge is 0.323 e. The predicted octanol–water partition coefficient (Wildman–Crippen LogP) is 3.02. The molecule has 26 heavy (non-hydrogen) atoms. The molecule has 5 heteroatoms. The van der Waals surface area contributed by atoms with E-state index >= 15 is 0 Å². The molecule has 1 aliphatic heterocycles. The molecule has 0 spiro atoms. The van der Waals surface area contributed by atoms with Gasteiger partial charge in [-0.2, -0.15) is 0 Å². The fourth-order valence-electron chi connectivity index (χ4n) is 3.27. The number of amides is 3. The van der Waals surface area contributed by atoms with Gasteiger partial charge < -0.3 is 5.32 Å². The van der Waals surface area contributed by atoms with Gasteiger partial charge in [0, 0.05) is 6.54 Å². The number of imide groups is 1. The summed E-state index contributed by atoms with van der Waals surface area (Å²) in [7, 11) is 1.91. The molecule has 0 aromatic heterocycles. The highest BCUT2D eigenvalue weighted by Crippen LogP contribution is 2.23. The van der Waals surface area contributed by atoms with Gasteiger partial charge in [-0.3, -0.25) is 9.69 Å². The zero-order valence-corrected chi connectivity index (χ0v) is 15.3. The summed E-state index contributed by atoms with van der Waals surface area (Å²) in [5.41, 5.74) is 1.46. The van der Waals surface area contributed by atoms with Crippen molar-refractivity contribution in [1.29, 1.82) is 0 Å². The zero-order valence-electron chi connectivity index (χ0n) is 15.3. The largest absolute Gasteiger partial charge is 0.326 e. The number of carbonyl (C=O) groups is 2.